The molecule has 100 valence electrons. The Hall–Kier alpha value is -2.01. The number of nitrogens with one attached hydrogen (secondary N) is 1. The summed E-state index contributed by atoms with van der Waals surface area (Å²) < 4.78 is 0. The number of benzene rings is 1. The lowest BCUT2D eigenvalue weighted by atomic mass is 10.1. The molecular formula is C14H17N3OS. The number of hydrogen-bond acceptors (Lipinski definition) is 4. The number of rotatable bonds is 3. The second-order valence-corrected chi connectivity index (χ2v) is 5.47. The summed E-state index contributed by atoms with van der Waals surface area (Å²) >= 11 is 1.34. The smallest absolute Gasteiger partial charge is 0.267 e. The molecule has 0 aliphatic carbocycles. The Labute approximate surface area is 116 Å². The lowest BCUT2D eigenvalue weighted by Gasteiger charge is -2.17. The predicted molar refractivity (Wildman–Crippen MR) is 82.2 cm³/mol. The third-order valence-corrected chi connectivity index (χ3v) is 3.78. The van der Waals surface area contributed by atoms with E-state index in [4.69, 9.17) is 5.73 Å². The van der Waals surface area contributed by atoms with E-state index in [1.54, 1.807) is 6.07 Å². The summed E-state index contributed by atoms with van der Waals surface area (Å²) in [6, 6.07) is 7.57. The van der Waals surface area contributed by atoms with E-state index in [1.165, 1.54) is 16.9 Å². The van der Waals surface area contributed by atoms with E-state index < -0.39 is 0 Å². The second-order valence-electron chi connectivity index (χ2n) is 4.55. The van der Waals surface area contributed by atoms with Crippen molar-refractivity contribution in [2.24, 2.45) is 0 Å². The lowest BCUT2D eigenvalue weighted by Crippen LogP contribution is -2.14. The maximum atomic E-state index is 12.1. The van der Waals surface area contributed by atoms with Gasteiger partial charge >= 0.3 is 0 Å². The molecule has 0 radical (unpaired) electrons. The number of aryl methyl sites for hydroxylation is 1. The number of anilines is 3. The molecule has 0 unspecified atom stereocenters. The average molecular weight is 275 g/mol. The van der Waals surface area contributed by atoms with Crippen LogP contribution in [0.3, 0.4) is 0 Å². The molecular weight excluding hydrogens is 258 g/mol. The number of carbonyl (C=O) groups is 1. The molecule has 0 atom stereocenters. The number of nitrogens with zero attached hydrogens (tertiary/aromatic N) is 1. The molecule has 4 nitrogen and oxygen atoms in total. The van der Waals surface area contributed by atoms with Crippen molar-refractivity contribution in [1.82, 2.24) is 0 Å². The van der Waals surface area contributed by atoms with Gasteiger partial charge in [0.2, 0.25) is 0 Å². The zero-order valence-electron chi connectivity index (χ0n) is 11.2. The highest BCUT2D eigenvalue weighted by molar-refractivity contribution is 7.12. The van der Waals surface area contributed by atoms with E-state index in [0.717, 1.165) is 11.4 Å². The van der Waals surface area contributed by atoms with Crippen LogP contribution in [0.1, 0.15) is 15.2 Å². The molecule has 0 aliphatic heterocycles. The van der Waals surface area contributed by atoms with Gasteiger partial charge < -0.3 is 16.0 Å². The SMILES string of the molecule is Cc1ccc(NC(=O)c2sccc2N)cc1N(C)C. The van der Waals surface area contributed by atoms with Gasteiger partial charge in [-0.1, -0.05) is 6.07 Å². The van der Waals surface area contributed by atoms with Gasteiger partial charge in [-0.3, -0.25) is 4.79 Å². The largest absolute Gasteiger partial charge is 0.397 e. The maximum absolute atomic E-state index is 12.1. The highest BCUT2D eigenvalue weighted by atomic mass is 32.1. The molecule has 1 aromatic heterocycles. The van der Waals surface area contributed by atoms with E-state index in [-0.39, 0.29) is 5.91 Å². The summed E-state index contributed by atoms with van der Waals surface area (Å²) in [6.07, 6.45) is 0. The van der Waals surface area contributed by atoms with Crippen LogP contribution >= 0.6 is 11.3 Å². The number of nitrogens with two attached hydrogens (primary N) is 1. The number of amides is 1. The third kappa shape index (κ3) is 2.88. The first-order valence-corrected chi connectivity index (χ1v) is 6.79. The minimum absolute atomic E-state index is 0.166. The third-order valence-electron chi connectivity index (χ3n) is 2.85. The standard InChI is InChI=1S/C14H17N3OS/c1-9-4-5-10(8-12(9)17(2)3)16-14(18)13-11(15)6-7-19-13/h4-8H,15H2,1-3H3,(H,16,18). The molecule has 1 amide bonds. The Morgan fingerprint density at radius 2 is 2.05 bits per heavy atom. The fraction of sp³-hybridized carbons (Fsp3) is 0.214. The first-order chi connectivity index (χ1) is 8.99. The van der Waals surface area contributed by atoms with Crippen LogP contribution in [-0.2, 0) is 0 Å². The molecule has 1 aromatic carbocycles. The first-order valence-electron chi connectivity index (χ1n) is 5.91. The summed E-state index contributed by atoms with van der Waals surface area (Å²) in [5.74, 6) is -0.166. The molecule has 2 aromatic rings. The van der Waals surface area contributed by atoms with Gasteiger partial charge in [-0.15, -0.1) is 11.3 Å². The van der Waals surface area contributed by atoms with Crippen LogP contribution in [0.15, 0.2) is 29.6 Å². The molecule has 0 saturated carbocycles. The first kappa shape index (κ1) is 13.4. The van der Waals surface area contributed by atoms with Crippen molar-refractivity contribution >= 4 is 34.3 Å². The van der Waals surface area contributed by atoms with Crippen molar-refractivity contribution in [2.75, 3.05) is 30.0 Å². The van der Waals surface area contributed by atoms with Crippen LogP contribution in [0.5, 0.6) is 0 Å². The Kier molecular flexibility index (Phi) is 3.76. The van der Waals surface area contributed by atoms with Gasteiger partial charge in [0, 0.05) is 25.5 Å². The number of carbonyl (C=O) groups excluding carboxylic acids is 1. The zero-order chi connectivity index (χ0) is 14.0. The van der Waals surface area contributed by atoms with Gasteiger partial charge in [0.1, 0.15) is 4.88 Å². The van der Waals surface area contributed by atoms with Gasteiger partial charge in [0.05, 0.1) is 5.69 Å². The lowest BCUT2D eigenvalue weighted by molar-refractivity contribution is 0.103. The summed E-state index contributed by atoms with van der Waals surface area (Å²) in [7, 11) is 3.95. The number of nitrogen functional groups attached to an aromatic ring is 1. The minimum atomic E-state index is -0.166. The van der Waals surface area contributed by atoms with Crippen molar-refractivity contribution in [1.29, 1.82) is 0 Å². The van der Waals surface area contributed by atoms with Crippen LogP contribution in [0.2, 0.25) is 0 Å². The van der Waals surface area contributed by atoms with Crippen molar-refractivity contribution in [3.05, 3.63) is 40.1 Å². The van der Waals surface area contributed by atoms with E-state index in [9.17, 15) is 4.79 Å². The van der Waals surface area contributed by atoms with Crippen LogP contribution < -0.4 is 16.0 Å². The second kappa shape index (κ2) is 5.32. The van der Waals surface area contributed by atoms with Crippen LogP contribution in [0.25, 0.3) is 0 Å². The number of thiophene rings is 1. The molecule has 0 aliphatic rings. The van der Waals surface area contributed by atoms with Crippen molar-refractivity contribution < 1.29 is 4.79 Å². The van der Waals surface area contributed by atoms with Gasteiger partial charge in [-0.05, 0) is 36.1 Å². The van der Waals surface area contributed by atoms with Crippen molar-refractivity contribution in [3.8, 4) is 0 Å². The summed E-state index contributed by atoms with van der Waals surface area (Å²) in [5, 5.41) is 4.68. The van der Waals surface area contributed by atoms with E-state index in [2.05, 4.69) is 5.32 Å². The highest BCUT2D eigenvalue weighted by Gasteiger charge is 2.12. The van der Waals surface area contributed by atoms with E-state index in [0.29, 0.717) is 10.6 Å². The Bertz CT molecular complexity index is 604. The van der Waals surface area contributed by atoms with Crippen molar-refractivity contribution in [2.45, 2.75) is 6.92 Å². The molecule has 1 heterocycles. The normalized spacial score (nSPS) is 10.3. The molecule has 0 fully saturated rings. The average Bonchev–Trinajstić information content (AvgIpc) is 2.77. The van der Waals surface area contributed by atoms with E-state index in [1.807, 2.05) is 49.5 Å². The zero-order valence-corrected chi connectivity index (χ0v) is 12.0. The van der Waals surface area contributed by atoms with Gasteiger partial charge in [-0.25, -0.2) is 0 Å². The molecule has 5 heteroatoms. The molecule has 0 bridgehead atoms. The van der Waals surface area contributed by atoms with Gasteiger partial charge in [0.15, 0.2) is 0 Å². The highest BCUT2D eigenvalue weighted by Crippen LogP contribution is 2.24. The quantitative estimate of drug-likeness (QED) is 0.905. The maximum Gasteiger partial charge on any atom is 0.267 e. The van der Waals surface area contributed by atoms with Crippen LogP contribution in [0, 0.1) is 6.92 Å². The Morgan fingerprint density at radius 1 is 1.32 bits per heavy atom. The van der Waals surface area contributed by atoms with Gasteiger partial charge in [-0.2, -0.15) is 0 Å². The predicted octanol–water partition coefficient (Wildman–Crippen LogP) is 2.96. The van der Waals surface area contributed by atoms with Crippen molar-refractivity contribution in [3.63, 3.8) is 0 Å². The minimum Gasteiger partial charge on any atom is -0.397 e. The molecule has 2 rings (SSSR count). The summed E-state index contributed by atoms with van der Waals surface area (Å²) in [5.41, 5.74) is 9.27. The number of hydrogen-bond donors (Lipinski definition) is 2. The topological polar surface area (TPSA) is 58.4 Å². The summed E-state index contributed by atoms with van der Waals surface area (Å²) in [4.78, 5) is 14.6. The Balaban J connectivity index is 2.22. The van der Waals surface area contributed by atoms with Crippen LogP contribution in [0.4, 0.5) is 17.1 Å². The van der Waals surface area contributed by atoms with Gasteiger partial charge in [0.25, 0.3) is 5.91 Å². The van der Waals surface area contributed by atoms with Crippen LogP contribution in [-0.4, -0.2) is 20.0 Å². The molecule has 19 heavy (non-hydrogen) atoms. The molecule has 3 N–H and O–H groups in total. The fourth-order valence-electron chi connectivity index (χ4n) is 1.86. The van der Waals surface area contributed by atoms with E-state index >= 15 is 0 Å². The fourth-order valence-corrected chi connectivity index (χ4v) is 2.57. The molecule has 0 saturated heterocycles. The summed E-state index contributed by atoms with van der Waals surface area (Å²) in [6.45, 7) is 2.04. The Morgan fingerprint density at radius 3 is 2.63 bits per heavy atom. The molecule has 0 spiro atoms. The monoisotopic (exact) mass is 275 g/mol.